The summed E-state index contributed by atoms with van der Waals surface area (Å²) in [5.74, 6) is -0.727. The fourth-order valence-corrected chi connectivity index (χ4v) is 1.98. The van der Waals surface area contributed by atoms with E-state index >= 15 is 0 Å². The summed E-state index contributed by atoms with van der Waals surface area (Å²) in [6.07, 6.45) is 0.718. The number of carbonyl (C=O) groups is 1. The standard InChI is InChI=1S/C15H17FN2O3/c1-3-11(15(19)20-4-2)14-17-13(18-21-14)9-10-7-5-6-8-12(10)16/h5-8,11H,3-4,9H2,1-2H3. The van der Waals surface area contributed by atoms with E-state index < -0.39 is 5.92 Å². The van der Waals surface area contributed by atoms with E-state index in [1.807, 2.05) is 6.92 Å². The molecular weight excluding hydrogens is 275 g/mol. The number of nitrogens with zero attached hydrogens (tertiary/aromatic N) is 2. The van der Waals surface area contributed by atoms with Gasteiger partial charge in [-0.2, -0.15) is 4.98 Å². The fourth-order valence-electron chi connectivity index (χ4n) is 1.98. The highest BCUT2D eigenvalue weighted by atomic mass is 19.1. The molecule has 2 rings (SSSR count). The summed E-state index contributed by atoms with van der Waals surface area (Å²) in [4.78, 5) is 16.0. The summed E-state index contributed by atoms with van der Waals surface area (Å²) < 4.78 is 23.7. The van der Waals surface area contributed by atoms with Crippen molar-refractivity contribution in [3.63, 3.8) is 0 Å². The zero-order valence-corrected chi connectivity index (χ0v) is 12.0. The SMILES string of the molecule is CCOC(=O)C(CC)c1nc(Cc2ccccc2F)no1. The summed E-state index contributed by atoms with van der Waals surface area (Å²) in [7, 11) is 0. The zero-order chi connectivity index (χ0) is 15.2. The van der Waals surface area contributed by atoms with Gasteiger partial charge in [0.05, 0.1) is 6.61 Å². The maximum absolute atomic E-state index is 13.6. The van der Waals surface area contributed by atoms with Crippen molar-refractivity contribution in [1.29, 1.82) is 0 Å². The lowest BCUT2D eigenvalue weighted by Gasteiger charge is -2.08. The first-order valence-corrected chi connectivity index (χ1v) is 6.88. The minimum Gasteiger partial charge on any atom is -0.465 e. The minimum absolute atomic E-state index is 0.210. The molecule has 1 aromatic carbocycles. The third-order valence-corrected chi connectivity index (χ3v) is 3.07. The normalized spacial score (nSPS) is 12.1. The highest BCUT2D eigenvalue weighted by molar-refractivity contribution is 5.76. The van der Waals surface area contributed by atoms with Gasteiger partial charge in [0.15, 0.2) is 5.82 Å². The van der Waals surface area contributed by atoms with E-state index in [-0.39, 0.29) is 24.1 Å². The Balaban J connectivity index is 2.14. The van der Waals surface area contributed by atoms with E-state index in [2.05, 4.69) is 10.1 Å². The van der Waals surface area contributed by atoms with E-state index in [1.54, 1.807) is 25.1 Å². The van der Waals surface area contributed by atoms with Crippen molar-refractivity contribution in [3.8, 4) is 0 Å². The van der Waals surface area contributed by atoms with E-state index in [4.69, 9.17) is 9.26 Å². The predicted molar refractivity (Wildman–Crippen MR) is 73.2 cm³/mol. The topological polar surface area (TPSA) is 65.2 Å². The van der Waals surface area contributed by atoms with Crippen LogP contribution in [0.3, 0.4) is 0 Å². The van der Waals surface area contributed by atoms with Crippen molar-refractivity contribution in [1.82, 2.24) is 10.1 Å². The second-order valence-corrected chi connectivity index (χ2v) is 4.53. The van der Waals surface area contributed by atoms with Crippen molar-refractivity contribution in [2.75, 3.05) is 6.61 Å². The molecule has 2 aromatic rings. The number of esters is 1. The first-order chi connectivity index (χ1) is 10.2. The average Bonchev–Trinajstić information content (AvgIpc) is 2.91. The number of aromatic nitrogens is 2. The highest BCUT2D eigenvalue weighted by Crippen LogP contribution is 2.20. The molecular formula is C15H17FN2O3. The second kappa shape index (κ2) is 6.97. The van der Waals surface area contributed by atoms with Crippen LogP contribution in [-0.4, -0.2) is 22.7 Å². The van der Waals surface area contributed by atoms with Crippen molar-refractivity contribution < 1.29 is 18.4 Å². The lowest BCUT2D eigenvalue weighted by Crippen LogP contribution is -2.15. The molecule has 6 heteroatoms. The Labute approximate surface area is 122 Å². The van der Waals surface area contributed by atoms with Crippen LogP contribution in [0.4, 0.5) is 4.39 Å². The molecule has 0 amide bonds. The van der Waals surface area contributed by atoms with Crippen LogP contribution in [0, 0.1) is 5.82 Å². The molecule has 1 unspecified atom stereocenters. The van der Waals surface area contributed by atoms with Gasteiger partial charge in [-0.15, -0.1) is 0 Å². The largest absolute Gasteiger partial charge is 0.465 e. The average molecular weight is 292 g/mol. The van der Waals surface area contributed by atoms with Crippen LogP contribution >= 0.6 is 0 Å². The van der Waals surface area contributed by atoms with Crippen LogP contribution < -0.4 is 0 Å². The van der Waals surface area contributed by atoms with Gasteiger partial charge in [0, 0.05) is 6.42 Å². The molecule has 21 heavy (non-hydrogen) atoms. The Bertz CT molecular complexity index is 612. The van der Waals surface area contributed by atoms with E-state index in [0.717, 1.165) is 0 Å². The first-order valence-electron chi connectivity index (χ1n) is 6.88. The highest BCUT2D eigenvalue weighted by Gasteiger charge is 2.26. The lowest BCUT2D eigenvalue weighted by molar-refractivity contribution is -0.145. The number of carbonyl (C=O) groups excluding carboxylic acids is 1. The molecule has 5 nitrogen and oxygen atoms in total. The minimum atomic E-state index is -0.577. The van der Waals surface area contributed by atoms with Crippen LogP contribution in [0.5, 0.6) is 0 Å². The molecule has 0 fully saturated rings. The van der Waals surface area contributed by atoms with Crippen LogP contribution in [0.1, 0.15) is 43.5 Å². The Morgan fingerprint density at radius 1 is 1.38 bits per heavy atom. The molecule has 0 saturated heterocycles. The fraction of sp³-hybridized carbons (Fsp3) is 0.400. The van der Waals surface area contributed by atoms with Gasteiger partial charge >= 0.3 is 5.97 Å². The molecule has 0 radical (unpaired) electrons. The molecule has 0 aliphatic rings. The number of ether oxygens (including phenoxy) is 1. The monoisotopic (exact) mass is 292 g/mol. The molecule has 1 heterocycles. The zero-order valence-electron chi connectivity index (χ0n) is 12.0. The summed E-state index contributed by atoms with van der Waals surface area (Å²) in [5.41, 5.74) is 0.481. The molecule has 0 N–H and O–H groups in total. The Morgan fingerprint density at radius 3 is 2.81 bits per heavy atom. The molecule has 0 bridgehead atoms. The molecule has 0 saturated carbocycles. The third kappa shape index (κ3) is 3.65. The number of rotatable bonds is 6. The van der Waals surface area contributed by atoms with Crippen LogP contribution in [0.2, 0.25) is 0 Å². The molecule has 1 atom stereocenters. The van der Waals surface area contributed by atoms with Crippen LogP contribution in [0.15, 0.2) is 28.8 Å². The number of hydrogen-bond donors (Lipinski definition) is 0. The third-order valence-electron chi connectivity index (χ3n) is 3.07. The number of benzene rings is 1. The van der Waals surface area contributed by atoms with Crippen molar-refractivity contribution in [2.45, 2.75) is 32.6 Å². The predicted octanol–water partition coefficient (Wildman–Crippen LogP) is 2.86. The number of halogens is 1. The van der Waals surface area contributed by atoms with E-state index in [1.165, 1.54) is 6.07 Å². The summed E-state index contributed by atoms with van der Waals surface area (Å²) >= 11 is 0. The first kappa shape index (κ1) is 15.2. The smallest absolute Gasteiger partial charge is 0.318 e. The molecule has 112 valence electrons. The van der Waals surface area contributed by atoms with E-state index in [9.17, 15) is 9.18 Å². The Kier molecular flexibility index (Phi) is 5.03. The van der Waals surface area contributed by atoms with E-state index in [0.29, 0.717) is 24.4 Å². The second-order valence-electron chi connectivity index (χ2n) is 4.53. The van der Waals surface area contributed by atoms with Crippen LogP contribution in [0.25, 0.3) is 0 Å². The van der Waals surface area contributed by atoms with Gasteiger partial charge in [-0.25, -0.2) is 4.39 Å². The summed E-state index contributed by atoms with van der Waals surface area (Å²) in [6.45, 7) is 3.87. The lowest BCUT2D eigenvalue weighted by atomic mass is 10.1. The summed E-state index contributed by atoms with van der Waals surface area (Å²) in [5, 5.41) is 3.80. The summed E-state index contributed by atoms with van der Waals surface area (Å²) in [6, 6.07) is 6.40. The Hall–Kier alpha value is -2.24. The van der Waals surface area contributed by atoms with Crippen molar-refractivity contribution >= 4 is 5.97 Å². The number of hydrogen-bond acceptors (Lipinski definition) is 5. The van der Waals surface area contributed by atoms with Gasteiger partial charge in [-0.1, -0.05) is 30.3 Å². The maximum atomic E-state index is 13.6. The maximum Gasteiger partial charge on any atom is 0.318 e. The Morgan fingerprint density at radius 2 is 2.14 bits per heavy atom. The van der Waals surface area contributed by atoms with Crippen molar-refractivity contribution in [3.05, 3.63) is 47.4 Å². The van der Waals surface area contributed by atoms with Gasteiger partial charge in [-0.05, 0) is 25.0 Å². The van der Waals surface area contributed by atoms with Gasteiger partial charge in [0.2, 0.25) is 5.89 Å². The van der Waals surface area contributed by atoms with Gasteiger partial charge < -0.3 is 9.26 Å². The van der Waals surface area contributed by atoms with Crippen LogP contribution in [-0.2, 0) is 16.0 Å². The van der Waals surface area contributed by atoms with Crippen molar-refractivity contribution in [2.24, 2.45) is 0 Å². The molecule has 0 aliphatic heterocycles. The molecule has 1 aromatic heterocycles. The molecule has 0 spiro atoms. The quantitative estimate of drug-likeness (QED) is 0.766. The van der Waals surface area contributed by atoms with Gasteiger partial charge in [0.1, 0.15) is 11.7 Å². The molecule has 0 aliphatic carbocycles. The van der Waals surface area contributed by atoms with Gasteiger partial charge in [0.25, 0.3) is 0 Å². The van der Waals surface area contributed by atoms with Gasteiger partial charge in [-0.3, -0.25) is 4.79 Å².